The molecular formula is C14H16FN3O2. The summed E-state index contributed by atoms with van der Waals surface area (Å²) < 4.78 is 17.8. The Kier molecular flexibility index (Phi) is 4.45. The second-order valence-corrected chi connectivity index (χ2v) is 4.89. The average molecular weight is 277 g/mol. The number of halogens is 1. The van der Waals surface area contributed by atoms with Gasteiger partial charge in [0.15, 0.2) is 0 Å². The van der Waals surface area contributed by atoms with Crippen molar-refractivity contribution in [2.24, 2.45) is 5.92 Å². The number of hydrogen-bond acceptors (Lipinski definition) is 4. The molecule has 0 aliphatic heterocycles. The maximum atomic E-state index is 12.8. The van der Waals surface area contributed by atoms with Crippen molar-refractivity contribution in [2.75, 3.05) is 0 Å². The maximum Gasteiger partial charge on any atom is 0.246 e. The van der Waals surface area contributed by atoms with Gasteiger partial charge in [0.2, 0.25) is 17.6 Å². The second-order valence-electron chi connectivity index (χ2n) is 4.89. The Morgan fingerprint density at radius 2 is 2.05 bits per heavy atom. The number of nitrogens with one attached hydrogen (secondary N) is 1. The van der Waals surface area contributed by atoms with Crippen molar-refractivity contribution in [3.63, 3.8) is 0 Å². The van der Waals surface area contributed by atoms with E-state index in [9.17, 15) is 9.18 Å². The maximum absolute atomic E-state index is 12.8. The summed E-state index contributed by atoms with van der Waals surface area (Å²) in [5, 5.41) is 6.50. The van der Waals surface area contributed by atoms with Crippen LogP contribution in [0.5, 0.6) is 0 Å². The van der Waals surface area contributed by atoms with Gasteiger partial charge in [0.25, 0.3) is 0 Å². The summed E-state index contributed by atoms with van der Waals surface area (Å²) in [6.45, 7) is 4.14. The summed E-state index contributed by atoms with van der Waals surface area (Å²) in [5.74, 6) is 0.618. The van der Waals surface area contributed by atoms with Crippen LogP contribution in [0.1, 0.15) is 26.2 Å². The predicted octanol–water partition coefficient (Wildman–Crippen LogP) is 2.54. The van der Waals surface area contributed by atoms with Crippen LogP contribution in [-0.4, -0.2) is 16.0 Å². The number of carbonyl (C=O) groups is 1. The zero-order chi connectivity index (χ0) is 14.5. The summed E-state index contributed by atoms with van der Waals surface area (Å²) in [6.07, 6.45) is 0.457. The number of nitrogens with zero attached hydrogens (tertiary/aromatic N) is 2. The van der Waals surface area contributed by atoms with E-state index in [0.717, 1.165) is 0 Å². The van der Waals surface area contributed by atoms with Crippen molar-refractivity contribution in [1.29, 1.82) is 0 Å². The number of hydrogen-bond donors (Lipinski definition) is 1. The Morgan fingerprint density at radius 3 is 2.70 bits per heavy atom. The molecule has 0 aliphatic rings. The van der Waals surface area contributed by atoms with Gasteiger partial charge in [0.1, 0.15) is 5.82 Å². The first-order valence-corrected chi connectivity index (χ1v) is 6.40. The number of amides is 1. The smallest absolute Gasteiger partial charge is 0.246 e. The van der Waals surface area contributed by atoms with Gasteiger partial charge in [0, 0.05) is 12.0 Å². The van der Waals surface area contributed by atoms with Gasteiger partial charge in [-0.1, -0.05) is 19.0 Å². The molecule has 20 heavy (non-hydrogen) atoms. The van der Waals surface area contributed by atoms with Crippen molar-refractivity contribution in [3.05, 3.63) is 36.0 Å². The summed E-state index contributed by atoms with van der Waals surface area (Å²) in [5.41, 5.74) is 0.662. The first kappa shape index (κ1) is 14.2. The fraction of sp³-hybridized carbons (Fsp3) is 0.357. The predicted molar refractivity (Wildman–Crippen MR) is 71.0 cm³/mol. The molecule has 0 saturated heterocycles. The summed E-state index contributed by atoms with van der Waals surface area (Å²) >= 11 is 0. The van der Waals surface area contributed by atoms with Crippen molar-refractivity contribution >= 4 is 5.91 Å². The molecule has 1 amide bonds. The fourth-order valence-electron chi connectivity index (χ4n) is 1.66. The van der Waals surface area contributed by atoms with Gasteiger partial charge in [0.05, 0.1) is 6.54 Å². The van der Waals surface area contributed by atoms with Crippen LogP contribution in [0.2, 0.25) is 0 Å². The average Bonchev–Trinajstić information content (AvgIpc) is 2.85. The SMILES string of the molecule is CC(C)CC(=O)NCc1nc(-c2ccc(F)cc2)no1. The molecule has 1 N–H and O–H groups in total. The Morgan fingerprint density at radius 1 is 1.35 bits per heavy atom. The van der Waals surface area contributed by atoms with Gasteiger partial charge >= 0.3 is 0 Å². The molecule has 0 unspecified atom stereocenters. The molecule has 106 valence electrons. The second kappa shape index (κ2) is 6.27. The van der Waals surface area contributed by atoms with E-state index in [0.29, 0.717) is 29.6 Å². The highest BCUT2D eigenvalue weighted by Gasteiger charge is 2.10. The van der Waals surface area contributed by atoms with Crippen molar-refractivity contribution < 1.29 is 13.7 Å². The molecule has 6 heteroatoms. The quantitative estimate of drug-likeness (QED) is 0.912. The first-order valence-electron chi connectivity index (χ1n) is 6.40. The largest absolute Gasteiger partial charge is 0.347 e. The minimum absolute atomic E-state index is 0.0541. The van der Waals surface area contributed by atoms with Crippen LogP contribution >= 0.6 is 0 Å². The molecule has 0 fully saturated rings. The van der Waals surface area contributed by atoms with Crippen LogP contribution in [-0.2, 0) is 11.3 Å². The van der Waals surface area contributed by atoms with Gasteiger partial charge in [-0.2, -0.15) is 4.98 Å². The van der Waals surface area contributed by atoms with Crippen LogP contribution in [0.25, 0.3) is 11.4 Å². The Hall–Kier alpha value is -2.24. The van der Waals surface area contributed by atoms with E-state index in [-0.39, 0.29) is 18.3 Å². The third-order valence-electron chi connectivity index (χ3n) is 2.60. The topological polar surface area (TPSA) is 68.0 Å². The van der Waals surface area contributed by atoms with E-state index < -0.39 is 0 Å². The van der Waals surface area contributed by atoms with E-state index in [4.69, 9.17) is 4.52 Å². The summed E-state index contributed by atoms with van der Waals surface area (Å²) in [4.78, 5) is 15.6. The molecule has 0 atom stereocenters. The lowest BCUT2D eigenvalue weighted by atomic mass is 10.1. The molecule has 0 bridgehead atoms. The first-order chi connectivity index (χ1) is 9.54. The molecule has 2 rings (SSSR count). The van der Waals surface area contributed by atoms with E-state index in [1.54, 1.807) is 12.1 Å². The standard InChI is InChI=1S/C14H16FN3O2/c1-9(2)7-12(19)16-8-13-17-14(18-20-13)10-3-5-11(15)6-4-10/h3-6,9H,7-8H2,1-2H3,(H,16,19). The summed E-state index contributed by atoms with van der Waals surface area (Å²) in [6, 6.07) is 5.80. The zero-order valence-corrected chi connectivity index (χ0v) is 11.4. The number of benzene rings is 1. The number of aromatic nitrogens is 2. The number of carbonyl (C=O) groups excluding carboxylic acids is 1. The van der Waals surface area contributed by atoms with Gasteiger partial charge < -0.3 is 9.84 Å². The van der Waals surface area contributed by atoms with Crippen LogP contribution < -0.4 is 5.32 Å². The lowest BCUT2D eigenvalue weighted by Crippen LogP contribution is -2.24. The minimum Gasteiger partial charge on any atom is -0.347 e. The minimum atomic E-state index is -0.321. The van der Waals surface area contributed by atoms with Crippen LogP contribution in [0.3, 0.4) is 0 Å². The molecule has 2 aromatic rings. The van der Waals surface area contributed by atoms with Gasteiger partial charge in [-0.25, -0.2) is 4.39 Å². The van der Waals surface area contributed by atoms with E-state index in [2.05, 4.69) is 15.5 Å². The molecule has 0 spiro atoms. The Balaban J connectivity index is 1.95. The molecule has 0 radical (unpaired) electrons. The molecule has 1 aromatic heterocycles. The normalized spacial score (nSPS) is 10.8. The highest BCUT2D eigenvalue weighted by atomic mass is 19.1. The third kappa shape index (κ3) is 3.88. The fourth-order valence-corrected chi connectivity index (χ4v) is 1.66. The third-order valence-corrected chi connectivity index (χ3v) is 2.60. The van der Waals surface area contributed by atoms with Gasteiger partial charge in [-0.3, -0.25) is 4.79 Å². The van der Waals surface area contributed by atoms with E-state index in [1.165, 1.54) is 12.1 Å². The van der Waals surface area contributed by atoms with E-state index >= 15 is 0 Å². The van der Waals surface area contributed by atoms with Crippen molar-refractivity contribution in [3.8, 4) is 11.4 Å². The van der Waals surface area contributed by atoms with Gasteiger partial charge in [-0.15, -0.1) is 0 Å². The molecule has 0 aliphatic carbocycles. The zero-order valence-electron chi connectivity index (χ0n) is 11.4. The van der Waals surface area contributed by atoms with Crippen LogP contribution in [0, 0.1) is 11.7 Å². The number of rotatable bonds is 5. The molecule has 0 saturated carbocycles. The highest BCUT2D eigenvalue weighted by Crippen LogP contribution is 2.15. The Labute approximate surface area is 116 Å². The molecule has 5 nitrogen and oxygen atoms in total. The lowest BCUT2D eigenvalue weighted by Gasteiger charge is -2.03. The Bertz CT molecular complexity index is 578. The summed E-state index contributed by atoms with van der Waals surface area (Å²) in [7, 11) is 0. The van der Waals surface area contributed by atoms with Crippen molar-refractivity contribution in [2.45, 2.75) is 26.8 Å². The van der Waals surface area contributed by atoms with Crippen LogP contribution in [0.15, 0.2) is 28.8 Å². The molecule has 1 heterocycles. The molecule has 1 aromatic carbocycles. The van der Waals surface area contributed by atoms with E-state index in [1.807, 2.05) is 13.8 Å². The monoisotopic (exact) mass is 277 g/mol. The highest BCUT2D eigenvalue weighted by molar-refractivity contribution is 5.75. The van der Waals surface area contributed by atoms with Crippen LogP contribution in [0.4, 0.5) is 4.39 Å². The molecular weight excluding hydrogens is 261 g/mol. The lowest BCUT2D eigenvalue weighted by molar-refractivity contribution is -0.122. The van der Waals surface area contributed by atoms with Crippen molar-refractivity contribution in [1.82, 2.24) is 15.5 Å². The van der Waals surface area contributed by atoms with Gasteiger partial charge in [-0.05, 0) is 30.2 Å².